The molecule has 0 bridgehead atoms. The number of thiazole rings is 3. The van der Waals surface area contributed by atoms with Gasteiger partial charge in [-0.25, -0.2) is 9.97 Å². The minimum atomic E-state index is -0.447. The van der Waals surface area contributed by atoms with Gasteiger partial charge in [-0.15, -0.1) is 56.7 Å². The molecule has 0 spiro atoms. The lowest BCUT2D eigenvalue weighted by atomic mass is 10.1. The first-order valence-electron chi connectivity index (χ1n) is 23.5. The lowest BCUT2D eigenvalue weighted by Crippen LogP contribution is -2.36. The van der Waals surface area contributed by atoms with Crippen LogP contribution in [0.5, 0.6) is 0 Å². The van der Waals surface area contributed by atoms with E-state index in [-0.39, 0.29) is 57.4 Å². The molecule has 1 aliphatic heterocycles. The Morgan fingerprint density at radius 2 is 1.38 bits per heavy atom. The van der Waals surface area contributed by atoms with Crippen LogP contribution in [0.3, 0.4) is 0 Å². The minimum Gasteiger partial charge on any atom is -0.365 e. The molecule has 1 saturated heterocycles. The number of nitrogens with one attached hydrogen (secondary N) is 2. The third-order valence-electron chi connectivity index (χ3n) is 12.0. The highest BCUT2D eigenvalue weighted by Gasteiger charge is 2.25. The van der Waals surface area contributed by atoms with Crippen LogP contribution < -0.4 is 21.8 Å². The molecule has 1 aliphatic rings. The van der Waals surface area contributed by atoms with E-state index in [4.69, 9.17) is 23.2 Å². The zero-order valence-electron chi connectivity index (χ0n) is 40.1. The predicted molar refractivity (Wildman–Crippen MR) is 301 cm³/mol. The summed E-state index contributed by atoms with van der Waals surface area (Å²) in [6.45, 7) is 2.90. The summed E-state index contributed by atoms with van der Waals surface area (Å²) in [4.78, 5) is 88.0. The molecule has 0 saturated carbocycles. The van der Waals surface area contributed by atoms with Crippen LogP contribution >= 0.6 is 79.9 Å². The average molecular weight is 1160 g/mol. The monoisotopic (exact) mass is 1160 g/mol. The van der Waals surface area contributed by atoms with Crippen molar-refractivity contribution in [2.75, 3.05) is 23.7 Å². The molecule has 0 aliphatic carbocycles. The summed E-state index contributed by atoms with van der Waals surface area (Å²) < 4.78 is 6.71. The van der Waals surface area contributed by atoms with Crippen molar-refractivity contribution in [1.82, 2.24) is 53.5 Å². The van der Waals surface area contributed by atoms with Gasteiger partial charge in [0.05, 0.1) is 78.8 Å². The van der Waals surface area contributed by atoms with Crippen LogP contribution in [-0.4, -0.2) is 84.2 Å². The molecule has 2 N–H and O–H groups in total. The number of rotatable bonds is 16. The Balaban J connectivity index is 0.000000176. The van der Waals surface area contributed by atoms with Gasteiger partial charge in [0.15, 0.2) is 5.78 Å². The summed E-state index contributed by atoms with van der Waals surface area (Å²) in [5.74, 6) is -0.361. The first kappa shape index (κ1) is 52.8. The lowest BCUT2D eigenvalue weighted by molar-refractivity contribution is 0.0936. The Morgan fingerprint density at radius 1 is 0.727 bits per heavy atom. The van der Waals surface area contributed by atoms with Gasteiger partial charge in [-0.3, -0.25) is 43.4 Å². The summed E-state index contributed by atoms with van der Waals surface area (Å²) in [5, 5.41) is 28.5. The smallest absolute Gasteiger partial charge is 0.299 e. The molecule has 10 aromatic heterocycles. The van der Waals surface area contributed by atoms with Crippen molar-refractivity contribution >= 4 is 109 Å². The van der Waals surface area contributed by atoms with Crippen LogP contribution in [0.2, 0.25) is 8.67 Å². The fraction of sp³-hybridized carbons (Fsp3) is 0.176. The van der Waals surface area contributed by atoms with Crippen LogP contribution in [0.25, 0.3) is 33.8 Å². The highest BCUT2D eigenvalue weighted by atomic mass is 35.5. The molecule has 0 atom stereocenters. The van der Waals surface area contributed by atoms with Crippen molar-refractivity contribution < 1.29 is 14.4 Å². The first-order valence-corrected chi connectivity index (χ1v) is 28.6. The van der Waals surface area contributed by atoms with Gasteiger partial charge in [0, 0.05) is 63.0 Å². The number of nitrogens with zero attached hydrogens (tertiary/aromatic N) is 12. The molecule has 10 aromatic rings. The number of nitriles is 1. The number of piperidine rings is 1. The molecule has 0 amide bonds. The molecule has 11 heterocycles. The van der Waals surface area contributed by atoms with Gasteiger partial charge < -0.3 is 15.2 Å². The Labute approximate surface area is 468 Å². The number of carbonyl (C=O) groups is 3. The number of halogens is 2. The van der Waals surface area contributed by atoms with Crippen LogP contribution in [0, 0.1) is 11.3 Å². The maximum Gasteiger partial charge on any atom is 0.299 e. The minimum absolute atomic E-state index is 0.170. The number of ketones is 1. The van der Waals surface area contributed by atoms with Crippen LogP contribution in [0.15, 0.2) is 128 Å². The quantitative estimate of drug-likeness (QED) is 0.0857. The molecule has 19 nitrogen and oxygen atoms in total. The van der Waals surface area contributed by atoms with E-state index in [1.54, 1.807) is 99.0 Å². The number of hydrogen-bond donors (Lipinski definition) is 2. The van der Waals surface area contributed by atoms with E-state index in [9.17, 15) is 29.2 Å². The first-order chi connectivity index (χ1) is 37.5. The third-order valence-corrected chi connectivity index (χ3v) is 16.5. The predicted octanol–water partition coefficient (Wildman–Crippen LogP) is 10.1. The molecule has 0 unspecified atom stereocenters. The molecule has 26 heteroatoms. The standard InChI is InChI=1S/C27H18ClN7O3S3.C24H22ClN7O2S2/c28-24-6-3-17(41-24)10-31-25-8-19(33-35(25)27(38)20-13-39-15-32-20)18-4-5-21(16-2-1-7-29-9-16)34(26(18)37)12-22(36)23-11-30-14-40-23;25-20-5-4-17(36-20)12-27-21-10-18(29-32(21)23(33)19-13-35-14-28-19)22-16(11-26)6-9-31(24(22)34)15-30-7-2-1-3-8-30/h1-9,11,13-15,31H,10,12H2;4-6,9-10,13-14,27H,1-3,7-8,12,15H2. The van der Waals surface area contributed by atoms with E-state index in [1.165, 1.54) is 83.2 Å². The number of thiophene rings is 2. The Hall–Kier alpha value is -7.60. The molecule has 77 heavy (non-hydrogen) atoms. The van der Waals surface area contributed by atoms with E-state index >= 15 is 0 Å². The fourth-order valence-electron chi connectivity index (χ4n) is 8.29. The second kappa shape index (κ2) is 24.2. The topological polar surface area (TPSA) is 234 Å². The van der Waals surface area contributed by atoms with E-state index in [1.807, 2.05) is 18.2 Å². The van der Waals surface area contributed by atoms with Crippen LogP contribution in [-0.2, 0) is 26.3 Å². The summed E-state index contributed by atoms with van der Waals surface area (Å²) in [5.41, 5.74) is 6.73. The number of pyridine rings is 3. The number of carbonyl (C=O) groups excluding carboxylic acids is 3. The van der Waals surface area contributed by atoms with Gasteiger partial charge in [0.2, 0.25) is 0 Å². The van der Waals surface area contributed by atoms with Gasteiger partial charge in [-0.05, 0) is 80.5 Å². The summed E-state index contributed by atoms with van der Waals surface area (Å²) in [6, 6.07) is 21.3. The highest BCUT2D eigenvalue weighted by molar-refractivity contribution is 7.16. The SMILES string of the molecule is N#Cc1ccn(CN2CCCCC2)c(=O)c1-c1cc(NCc2ccc(Cl)s2)n(C(=O)c2cscn2)n1.O=C(Cn1c(-c2cccnc2)ccc(-c2cc(NCc3ccc(Cl)s3)n(C(=O)c3cscn3)n2)c1=O)c1cncs1. The number of aromatic nitrogens is 10. The van der Waals surface area contributed by atoms with E-state index in [0.717, 1.165) is 35.7 Å². The third kappa shape index (κ3) is 12.2. The van der Waals surface area contributed by atoms with Crippen molar-refractivity contribution in [2.45, 2.75) is 45.6 Å². The van der Waals surface area contributed by atoms with Crippen molar-refractivity contribution in [3.05, 3.63) is 180 Å². The second-order valence-corrected chi connectivity index (χ2v) is 22.9. The van der Waals surface area contributed by atoms with Gasteiger partial charge in [-0.2, -0.15) is 24.8 Å². The molecule has 1 fully saturated rings. The maximum atomic E-state index is 14.0. The van der Waals surface area contributed by atoms with Gasteiger partial charge in [-0.1, -0.05) is 29.6 Å². The van der Waals surface area contributed by atoms with Crippen molar-refractivity contribution in [3.63, 3.8) is 0 Å². The second-order valence-electron chi connectivity index (χ2n) is 17.0. The van der Waals surface area contributed by atoms with Gasteiger partial charge >= 0.3 is 0 Å². The summed E-state index contributed by atoms with van der Waals surface area (Å²) in [6.07, 6.45) is 9.79. The molecule has 388 valence electrons. The highest BCUT2D eigenvalue weighted by Crippen LogP contribution is 2.29. The van der Waals surface area contributed by atoms with Crippen molar-refractivity contribution in [3.8, 4) is 39.8 Å². The average Bonchev–Trinajstić information content (AvgIpc) is 4.31. The van der Waals surface area contributed by atoms with E-state index in [0.29, 0.717) is 56.2 Å². The van der Waals surface area contributed by atoms with Crippen LogP contribution in [0.4, 0.5) is 11.6 Å². The number of anilines is 2. The Kier molecular flexibility index (Phi) is 16.6. The normalized spacial score (nSPS) is 12.4. The van der Waals surface area contributed by atoms with Crippen molar-refractivity contribution in [1.29, 1.82) is 5.26 Å². The lowest BCUT2D eigenvalue weighted by Gasteiger charge is -2.27. The number of hydrogen-bond acceptors (Lipinski definition) is 20. The largest absolute Gasteiger partial charge is 0.365 e. The summed E-state index contributed by atoms with van der Waals surface area (Å²) >= 11 is 18.8. The Bertz CT molecular complexity index is 3870. The van der Waals surface area contributed by atoms with Crippen molar-refractivity contribution in [2.24, 2.45) is 0 Å². The fourth-order valence-corrected chi connectivity index (χ4v) is 12.0. The molecule has 0 radical (unpaired) electrons. The van der Waals surface area contributed by atoms with Gasteiger partial charge in [0.1, 0.15) is 40.5 Å². The van der Waals surface area contributed by atoms with Gasteiger partial charge in [0.25, 0.3) is 22.9 Å². The maximum absolute atomic E-state index is 14.0. The van der Waals surface area contributed by atoms with Crippen LogP contribution in [0.1, 0.15) is 65.2 Å². The molecule has 0 aromatic carbocycles. The van der Waals surface area contributed by atoms with E-state index < -0.39 is 17.4 Å². The zero-order chi connectivity index (χ0) is 53.4. The molecular weight excluding hydrogens is 1120 g/mol. The number of Topliss-reactive ketones (excluding diaryl/α,β-unsaturated/α-hetero) is 1. The molecule has 11 rings (SSSR count). The number of likely N-dealkylation sites (tertiary alicyclic amines) is 1. The Morgan fingerprint density at radius 3 is 1.94 bits per heavy atom. The zero-order valence-corrected chi connectivity index (χ0v) is 45.7. The summed E-state index contributed by atoms with van der Waals surface area (Å²) in [7, 11) is 0. The van der Waals surface area contributed by atoms with E-state index in [2.05, 4.69) is 51.7 Å². The molecular formula is C51H40Cl2N14O5S5.